The number of rotatable bonds is 9. The normalized spacial score (nSPS) is 10.4. The fourth-order valence-corrected chi connectivity index (χ4v) is 2.35. The minimum Gasteiger partial charge on any atom is -0.444 e. The first-order chi connectivity index (χ1) is 13.5. The van der Waals surface area contributed by atoms with Gasteiger partial charge in [0.2, 0.25) is 5.91 Å². The number of carbonyl (C=O) groups excluding carboxylic acids is 2. The third kappa shape index (κ3) is 7.65. The van der Waals surface area contributed by atoms with Crippen molar-refractivity contribution in [3.05, 3.63) is 59.7 Å². The van der Waals surface area contributed by atoms with Gasteiger partial charge in [-0.2, -0.15) is 0 Å². The highest BCUT2D eigenvalue weighted by molar-refractivity contribution is 5.84. The summed E-state index contributed by atoms with van der Waals surface area (Å²) in [6.45, 7) is 1.51. The number of carbonyl (C=O) groups is 2. The Labute approximate surface area is 164 Å². The van der Waals surface area contributed by atoms with E-state index in [1.807, 2.05) is 24.5 Å². The number of hydrogen-bond donors (Lipinski definition) is 4. The summed E-state index contributed by atoms with van der Waals surface area (Å²) < 4.78 is 5.16. The summed E-state index contributed by atoms with van der Waals surface area (Å²) in [4.78, 5) is 25.8. The van der Waals surface area contributed by atoms with Crippen LogP contribution in [0.5, 0.6) is 0 Å². The van der Waals surface area contributed by atoms with E-state index in [1.165, 1.54) is 0 Å². The monoisotopic (exact) mass is 386 g/mol. The Kier molecular flexibility index (Phi) is 8.26. The lowest BCUT2D eigenvalue weighted by Gasteiger charge is -2.11. The molecule has 0 radical (unpaired) electrons. The molecule has 28 heavy (non-hydrogen) atoms. The molecule has 0 unspecified atom stereocenters. The lowest BCUT2D eigenvalue weighted by atomic mass is 10.1. The van der Waals surface area contributed by atoms with Crippen molar-refractivity contribution in [1.82, 2.24) is 10.2 Å². The average Bonchev–Trinajstić information content (AvgIpc) is 2.68. The van der Waals surface area contributed by atoms with Crippen LogP contribution in [0.1, 0.15) is 11.1 Å². The Morgan fingerprint density at radius 3 is 2.18 bits per heavy atom. The molecule has 0 aromatic heterocycles. The van der Waals surface area contributed by atoms with E-state index in [0.717, 1.165) is 17.7 Å². The number of ether oxygens (including phenoxy) is 1. The number of amides is 2. The molecule has 0 heterocycles. The van der Waals surface area contributed by atoms with Crippen molar-refractivity contribution in [2.45, 2.75) is 13.0 Å². The van der Waals surface area contributed by atoms with Gasteiger partial charge in [-0.25, -0.2) is 4.79 Å². The molecular formula is C20H26N4O4. The van der Waals surface area contributed by atoms with Crippen molar-refractivity contribution in [2.24, 2.45) is 0 Å². The highest BCUT2D eigenvalue weighted by Gasteiger charge is 2.06. The van der Waals surface area contributed by atoms with E-state index in [4.69, 9.17) is 9.94 Å². The van der Waals surface area contributed by atoms with Crippen LogP contribution in [0.2, 0.25) is 0 Å². The minimum absolute atomic E-state index is 0.0376. The summed E-state index contributed by atoms with van der Waals surface area (Å²) in [6.07, 6.45) is -0.282. The Morgan fingerprint density at radius 1 is 0.964 bits per heavy atom. The van der Waals surface area contributed by atoms with Crippen molar-refractivity contribution in [1.29, 1.82) is 0 Å². The third-order valence-electron chi connectivity index (χ3n) is 3.90. The van der Waals surface area contributed by atoms with E-state index in [1.54, 1.807) is 48.5 Å². The number of benzene rings is 2. The average molecular weight is 386 g/mol. The van der Waals surface area contributed by atoms with E-state index in [9.17, 15) is 9.59 Å². The van der Waals surface area contributed by atoms with Gasteiger partial charge in [-0.3, -0.25) is 20.8 Å². The number of anilines is 2. The van der Waals surface area contributed by atoms with Crippen molar-refractivity contribution in [3.8, 4) is 0 Å². The van der Waals surface area contributed by atoms with Crippen LogP contribution in [0, 0.1) is 0 Å². The van der Waals surface area contributed by atoms with Gasteiger partial charge < -0.3 is 15.0 Å². The molecule has 0 aliphatic carbocycles. The van der Waals surface area contributed by atoms with Gasteiger partial charge in [0.15, 0.2) is 0 Å². The van der Waals surface area contributed by atoms with Crippen molar-refractivity contribution >= 4 is 23.4 Å². The second-order valence-corrected chi connectivity index (χ2v) is 6.54. The zero-order valence-corrected chi connectivity index (χ0v) is 16.1. The molecule has 0 saturated carbocycles. The molecule has 0 saturated heterocycles. The van der Waals surface area contributed by atoms with Crippen LogP contribution in [0.15, 0.2) is 48.5 Å². The third-order valence-corrected chi connectivity index (χ3v) is 3.90. The lowest BCUT2D eigenvalue weighted by Crippen LogP contribution is -2.32. The van der Waals surface area contributed by atoms with Gasteiger partial charge in [-0.1, -0.05) is 24.3 Å². The molecule has 4 N–H and O–H groups in total. The maximum Gasteiger partial charge on any atom is 0.411 e. The smallest absolute Gasteiger partial charge is 0.411 e. The Hall–Kier alpha value is -3.10. The molecule has 8 nitrogen and oxygen atoms in total. The zero-order valence-electron chi connectivity index (χ0n) is 16.1. The molecule has 0 aliphatic heterocycles. The van der Waals surface area contributed by atoms with Gasteiger partial charge in [0.1, 0.15) is 6.61 Å². The number of nitrogens with one attached hydrogen (secondary N) is 3. The molecule has 2 rings (SSSR count). The number of nitrogens with zero attached hydrogens (tertiary/aromatic N) is 1. The predicted octanol–water partition coefficient (Wildman–Crippen LogP) is 2.46. The van der Waals surface area contributed by atoms with Crippen LogP contribution in [0.4, 0.5) is 16.2 Å². The molecule has 0 aliphatic rings. The SMILES string of the molecule is CN(C)CCNC(=O)Cc1ccc(NC(=O)OCc2ccc(NO)cc2)cc1. The van der Waals surface area contributed by atoms with Crippen LogP contribution >= 0.6 is 0 Å². The standard InChI is InChI=1S/C20H26N4O4/c1-24(2)12-11-21-19(25)13-15-3-7-17(8-4-15)22-20(26)28-14-16-5-9-18(23-27)10-6-16/h3-10,23,27H,11-14H2,1-2H3,(H,21,25)(H,22,26). The largest absolute Gasteiger partial charge is 0.444 e. The maximum absolute atomic E-state index is 11.9. The molecule has 150 valence electrons. The molecule has 0 fully saturated rings. The van der Waals surface area contributed by atoms with Gasteiger partial charge >= 0.3 is 6.09 Å². The van der Waals surface area contributed by atoms with E-state index in [0.29, 0.717) is 17.9 Å². The summed E-state index contributed by atoms with van der Waals surface area (Å²) in [7, 11) is 3.90. The molecule has 2 aromatic rings. The Morgan fingerprint density at radius 2 is 1.57 bits per heavy atom. The summed E-state index contributed by atoms with van der Waals surface area (Å²) in [5.41, 5.74) is 4.83. The van der Waals surface area contributed by atoms with Crippen LogP contribution in [-0.4, -0.2) is 49.3 Å². The van der Waals surface area contributed by atoms with Crippen LogP contribution in [0.3, 0.4) is 0 Å². The topological polar surface area (TPSA) is 103 Å². The van der Waals surface area contributed by atoms with E-state index in [-0.39, 0.29) is 18.9 Å². The second-order valence-electron chi connectivity index (χ2n) is 6.54. The fourth-order valence-electron chi connectivity index (χ4n) is 2.35. The highest BCUT2D eigenvalue weighted by Crippen LogP contribution is 2.12. The van der Waals surface area contributed by atoms with Crippen molar-refractivity contribution in [2.75, 3.05) is 38.0 Å². The van der Waals surface area contributed by atoms with E-state index in [2.05, 4.69) is 10.6 Å². The van der Waals surface area contributed by atoms with Crippen LogP contribution < -0.4 is 16.1 Å². The first-order valence-electron chi connectivity index (χ1n) is 8.89. The van der Waals surface area contributed by atoms with Crippen molar-refractivity contribution in [3.63, 3.8) is 0 Å². The molecule has 0 bridgehead atoms. The summed E-state index contributed by atoms with van der Waals surface area (Å²) >= 11 is 0. The van der Waals surface area contributed by atoms with Crippen LogP contribution in [0.25, 0.3) is 0 Å². The maximum atomic E-state index is 11.9. The minimum atomic E-state index is -0.571. The Bertz CT molecular complexity index is 761. The molecule has 2 aromatic carbocycles. The number of hydrogen-bond acceptors (Lipinski definition) is 6. The summed E-state index contributed by atoms with van der Waals surface area (Å²) in [5.74, 6) is -0.0376. The van der Waals surface area contributed by atoms with Crippen LogP contribution in [-0.2, 0) is 22.6 Å². The molecule has 8 heteroatoms. The fraction of sp³-hybridized carbons (Fsp3) is 0.300. The zero-order chi connectivity index (χ0) is 20.4. The van der Waals surface area contributed by atoms with Gasteiger partial charge in [0.25, 0.3) is 0 Å². The second kappa shape index (κ2) is 10.9. The van der Waals surface area contributed by atoms with Crippen molar-refractivity contribution < 1.29 is 19.5 Å². The summed E-state index contributed by atoms with van der Waals surface area (Å²) in [5, 5.41) is 14.3. The lowest BCUT2D eigenvalue weighted by molar-refractivity contribution is -0.120. The van der Waals surface area contributed by atoms with Gasteiger partial charge in [0, 0.05) is 18.8 Å². The van der Waals surface area contributed by atoms with Gasteiger partial charge in [0.05, 0.1) is 12.1 Å². The van der Waals surface area contributed by atoms with E-state index < -0.39 is 6.09 Å². The van der Waals surface area contributed by atoms with Gasteiger partial charge in [-0.15, -0.1) is 0 Å². The first-order valence-corrected chi connectivity index (χ1v) is 8.89. The van der Waals surface area contributed by atoms with Gasteiger partial charge in [-0.05, 0) is 49.5 Å². The predicted molar refractivity (Wildman–Crippen MR) is 107 cm³/mol. The first kappa shape index (κ1) is 21.2. The summed E-state index contributed by atoms with van der Waals surface area (Å²) in [6, 6.07) is 13.9. The highest BCUT2D eigenvalue weighted by atomic mass is 16.5. The molecule has 2 amide bonds. The molecule has 0 atom stereocenters. The molecular weight excluding hydrogens is 360 g/mol. The van der Waals surface area contributed by atoms with E-state index >= 15 is 0 Å². The molecule has 0 spiro atoms. The Balaban J connectivity index is 1.74. The quantitative estimate of drug-likeness (QED) is 0.494. The number of likely N-dealkylation sites (N-methyl/N-ethyl adjacent to an activating group) is 1.